The van der Waals surface area contributed by atoms with Crippen molar-refractivity contribution in [3.05, 3.63) is 29.5 Å². The summed E-state index contributed by atoms with van der Waals surface area (Å²) in [5.74, 6) is 2.05. The SMILES string of the molecule is CCC(C)C.COC(=O)C12C[C@H](C)CN(CCc3c1[nH]c1ccc(OC)cc31)C2C. The average molecular weight is 415 g/mol. The fourth-order valence-corrected chi connectivity index (χ4v) is 5.04. The molecule has 0 saturated carbocycles. The number of piperidine rings is 1. The van der Waals surface area contributed by atoms with Crippen LogP contribution in [0.4, 0.5) is 0 Å². The number of ether oxygens (including phenoxy) is 2. The Balaban J connectivity index is 0.000000461. The number of nitrogens with one attached hydrogen (secondary N) is 1. The molecule has 0 amide bonds. The number of benzene rings is 1. The minimum Gasteiger partial charge on any atom is -0.497 e. The average Bonchev–Trinajstić information content (AvgIpc) is 3.09. The Bertz CT molecular complexity index is 888. The Morgan fingerprint density at radius 1 is 1.30 bits per heavy atom. The summed E-state index contributed by atoms with van der Waals surface area (Å²) in [6.45, 7) is 13.0. The minimum atomic E-state index is -0.634. The second kappa shape index (κ2) is 9.01. The number of methoxy groups -OCH3 is 2. The quantitative estimate of drug-likeness (QED) is 0.724. The van der Waals surface area contributed by atoms with Gasteiger partial charge in [0, 0.05) is 35.7 Å². The summed E-state index contributed by atoms with van der Waals surface area (Å²) < 4.78 is 10.7. The smallest absolute Gasteiger partial charge is 0.319 e. The lowest BCUT2D eigenvalue weighted by molar-refractivity contribution is -0.154. The van der Waals surface area contributed by atoms with Crippen LogP contribution in [0.5, 0.6) is 5.75 Å². The number of fused-ring (bicyclic) bond motifs is 6. The molecule has 166 valence electrons. The topological polar surface area (TPSA) is 54.6 Å². The lowest BCUT2D eigenvalue weighted by atomic mass is 9.68. The Kier molecular flexibility index (Phi) is 6.81. The third-order valence-corrected chi connectivity index (χ3v) is 7.05. The maximum Gasteiger partial charge on any atom is 0.319 e. The van der Waals surface area contributed by atoms with Gasteiger partial charge in [-0.3, -0.25) is 9.69 Å². The molecule has 30 heavy (non-hydrogen) atoms. The van der Waals surface area contributed by atoms with Crippen molar-refractivity contribution in [2.45, 2.75) is 65.3 Å². The van der Waals surface area contributed by atoms with E-state index in [1.165, 1.54) is 19.1 Å². The van der Waals surface area contributed by atoms with Crippen molar-refractivity contribution in [2.24, 2.45) is 11.8 Å². The summed E-state index contributed by atoms with van der Waals surface area (Å²) in [5, 5.41) is 1.16. The van der Waals surface area contributed by atoms with Gasteiger partial charge in [0.25, 0.3) is 0 Å². The molecule has 0 spiro atoms. The molecule has 0 radical (unpaired) electrons. The Morgan fingerprint density at radius 2 is 2.00 bits per heavy atom. The first-order chi connectivity index (χ1) is 14.3. The molecule has 2 aliphatic rings. The highest BCUT2D eigenvalue weighted by atomic mass is 16.5. The van der Waals surface area contributed by atoms with Gasteiger partial charge in [0.05, 0.1) is 14.2 Å². The zero-order valence-corrected chi connectivity index (χ0v) is 19.7. The van der Waals surface area contributed by atoms with E-state index in [2.05, 4.69) is 50.6 Å². The Morgan fingerprint density at radius 3 is 2.60 bits per heavy atom. The summed E-state index contributed by atoms with van der Waals surface area (Å²) in [4.78, 5) is 19.1. The molecule has 3 heterocycles. The molecule has 4 rings (SSSR count). The number of aromatic nitrogens is 1. The van der Waals surface area contributed by atoms with E-state index in [1.807, 2.05) is 12.1 Å². The highest BCUT2D eigenvalue weighted by Crippen LogP contribution is 2.47. The van der Waals surface area contributed by atoms with Gasteiger partial charge >= 0.3 is 5.97 Å². The van der Waals surface area contributed by atoms with E-state index in [9.17, 15) is 4.79 Å². The van der Waals surface area contributed by atoms with E-state index in [1.54, 1.807) is 7.11 Å². The number of hydrogen-bond donors (Lipinski definition) is 1. The van der Waals surface area contributed by atoms with E-state index in [-0.39, 0.29) is 12.0 Å². The van der Waals surface area contributed by atoms with E-state index in [0.29, 0.717) is 5.92 Å². The first kappa shape index (κ1) is 22.7. The molecule has 1 saturated heterocycles. The van der Waals surface area contributed by atoms with Crippen molar-refractivity contribution in [2.75, 3.05) is 27.3 Å². The van der Waals surface area contributed by atoms with Crippen molar-refractivity contribution in [1.82, 2.24) is 9.88 Å². The fraction of sp³-hybridized carbons (Fsp3) is 0.640. The largest absolute Gasteiger partial charge is 0.497 e. The van der Waals surface area contributed by atoms with E-state index in [4.69, 9.17) is 9.47 Å². The van der Waals surface area contributed by atoms with Crippen LogP contribution in [0.25, 0.3) is 10.9 Å². The van der Waals surface area contributed by atoms with E-state index >= 15 is 0 Å². The third-order valence-electron chi connectivity index (χ3n) is 7.05. The van der Waals surface area contributed by atoms with Crippen LogP contribution in [-0.2, 0) is 21.4 Å². The van der Waals surface area contributed by atoms with E-state index in [0.717, 1.165) is 54.2 Å². The van der Waals surface area contributed by atoms with Gasteiger partial charge in [-0.05, 0) is 55.4 Å². The summed E-state index contributed by atoms with van der Waals surface area (Å²) >= 11 is 0. The number of H-pyrrole nitrogens is 1. The lowest BCUT2D eigenvalue weighted by Crippen LogP contribution is -2.59. The predicted molar refractivity (Wildman–Crippen MR) is 122 cm³/mol. The summed E-state index contributed by atoms with van der Waals surface area (Å²) in [5.41, 5.74) is 2.71. The van der Waals surface area contributed by atoms with Crippen molar-refractivity contribution in [3.8, 4) is 5.75 Å². The van der Waals surface area contributed by atoms with Gasteiger partial charge < -0.3 is 14.5 Å². The van der Waals surface area contributed by atoms with Gasteiger partial charge in [-0.1, -0.05) is 34.1 Å². The first-order valence-electron chi connectivity index (χ1n) is 11.3. The van der Waals surface area contributed by atoms with Crippen LogP contribution in [0.15, 0.2) is 18.2 Å². The molecule has 2 bridgehead atoms. The zero-order chi connectivity index (χ0) is 22.1. The molecule has 2 aliphatic heterocycles. The first-order valence-corrected chi connectivity index (χ1v) is 11.3. The molecule has 4 atom stereocenters. The third kappa shape index (κ3) is 3.84. The standard InChI is InChI=1S/C20H26N2O3.C5H12/c1-12-10-20(19(23)25-4)13(2)22(11-12)8-7-15-16-9-14(24-3)5-6-17(16)21-18(15)20;1-4-5(2)3/h5-6,9,12-13,21H,7-8,10-11H2,1-4H3;5H,4H2,1-3H3/t12-,13?,20?;/m0./s1. The number of esters is 1. The van der Waals surface area contributed by atoms with Crippen LogP contribution in [0.2, 0.25) is 0 Å². The predicted octanol–water partition coefficient (Wildman–Crippen LogP) is 4.93. The number of carbonyl (C=O) groups is 1. The zero-order valence-electron chi connectivity index (χ0n) is 19.7. The van der Waals surface area contributed by atoms with Gasteiger partial charge in [-0.15, -0.1) is 0 Å². The second-order valence-corrected chi connectivity index (χ2v) is 9.39. The van der Waals surface area contributed by atoms with Crippen LogP contribution in [0.1, 0.15) is 58.7 Å². The molecule has 1 N–H and O–H groups in total. The highest BCUT2D eigenvalue weighted by Gasteiger charge is 2.55. The second-order valence-electron chi connectivity index (χ2n) is 9.39. The maximum absolute atomic E-state index is 13.1. The molecular formula is C25H38N2O3. The van der Waals surface area contributed by atoms with Crippen LogP contribution in [0, 0.1) is 11.8 Å². The van der Waals surface area contributed by atoms with Crippen molar-refractivity contribution < 1.29 is 14.3 Å². The van der Waals surface area contributed by atoms with Crippen LogP contribution >= 0.6 is 0 Å². The Hall–Kier alpha value is -2.01. The molecule has 1 aromatic carbocycles. The van der Waals surface area contributed by atoms with E-state index < -0.39 is 5.41 Å². The maximum atomic E-state index is 13.1. The van der Waals surface area contributed by atoms with Crippen molar-refractivity contribution in [3.63, 3.8) is 0 Å². The normalized spacial score (nSPS) is 27.7. The molecule has 3 unspecified atom stereocenters. The highest BCUT2D eigenvalue weighted by molar-refractivity contribution is 5.92. The van der Waals surface area contributed by atoms with Crippen LogP contribution < -0.4 is 4.74 Å². The summed E-state index contributed by atoms with van der Waals surface area (Å²) in [6, 6.07) is 6.20. The molecule has 0 aliphatic carbocycles. The molecule has 5 nitrogen and oxygen atoms in total. The number of carbonyl (C=O) groups excluding carboxylic acids is 1. The van der Waals surface area contributed by atoms with Crippen molar-refractivity contribution in [1.29, 1.82) is 0 Å². The molecule has 2 aromatic rings. The van der Waals surface area contributed by atoms with Gasteiger partial charge in [0.15, 0.2) is 0 Å². The fourth-order valence-electron chi connectivity index (χ4n) is 5.04. The van der Waals surface area contributed by atoms with Gasteiger partial charge in [0.1, 0.15) is 11.2 Å². The van der Waals surface area contributed by atoms with Crippen molar-refractivity contribution >= 4 is 16.9 Å². The number of rotatable bonds is 3. The number of aromatic amines is 1. The summed E-state index contributed by atoms with van der Waals surface area (Å²) in [6.07, 6.45) is 3.05. The molecule has 1 aromatic heterocycles. The Labute approximate surface area is 181 Å². The molecular weight excluding hydrogens is 376 g/mol. The molecule has 5 heteroatoms. The van der Waals surface area contributed by atoms with Gasteiger partial charge in [-0.25, -0.2) is 0 Å². The van der Waals surface area contributed by atoms with Crippen LogP contribution in [-0.4, -0.2) is 49.2 Å². The van der Waals surface area contributed by atoms with Crippen LogP contribution in [0.3, 0.4) is 0 Å². The lowest BCUT2D eigenvalue weighted by Gasteiger charge is -2.47. The van der Waals surface area contributed by atoms with Gasteiger partial charge in [-0.2, -0.15) is 0 Å². The van der Waals surface area contributed by atoms with Gasteiger partial charge in [0.2, 0.25) is 0 Å². The summed E-state index contributed by atoms with van der Waals surface area (Å²) in [7, 11) is 3.19. The number of hydrogen-bond acceptors (Lipinski definition) is 4. The minimum absolute atomic E-state index is 0.118. The molecule has 1 fully saturated rings. The number of nitrogens with zero attached hydrogens (tertiary/aromatic N) is 1. The monoisotopic (exact) mass is 414 g/mol.